The zero-order valence-electron chi connectivity index (χ0n) is 9.96. The molecule has 0 radical (unpaired) electrons. The van der Waals surface area contributed by atoms with E-state index in [1.165, 1.54) is 5.56 Å². The first kappa shape index (κ1) is 10.9. The van der Waals surface area contributed by atoms with E-state index in [1.54, 1.807) is 13.2 Å². The highest BCUT2D eigenvalue weighted by atomic mass is 16.5. The van der Waals surface area contributed by atoms with E-state index in [0.29, 0.717) is 6.42 Å². The predicted molar refractivity (Wildman–Crippen MR) is 64.7 cm³/mol. The fourth-order valence-corrected chi connectivity index (χ4v) is 2.11. The van der Waals surface area contributed by atoms with Gasteiger partial charge in [0.15, 0.2) is 5.78 Å². The van der Waals surface area contributed by atoms with Gasteiger partial charge in [-0.25, -0.2) is 0 Å². The van der Waals surface area contributed by atoms with Crippen LogP contribution >= 0.6 is 0 Å². The Kier molecular flexibility index (Phi) is 2.82. The third-order valence-corrected chi connectivity index (χ3v) is 3.20. The van der Waals surface area contributed by atoms with Crippen molar-refractivity contribution in [2.45, 2.75) is 26.7 Å². The summed E-state index contributed by atoms with van der Waals surface area (Å²) in [5.74, 6) is 1.12. The number of allylic oxidation sites excluding steroid dienone is 2. The average molecular weight is 216 g/mol. The van der Waals surface area contributed by atoms with Gasteiger partial charge in [-0.3, -0.25) is 4.79 Å². The smallest absolute Gasteiger partial charge is 0.156 e. The number of ketones is 1. The van der Waals surface area contributed by atoms with E-state index in [4.69, 9.17) is 4.74 Å². The Bertz CT molecular complexity index is 470. The molecule has 1 aromatic carbocycles. The van der Waals surface area contributed by atoms with Gasteiger partial charge in [-0.1, -0.05) is 12.1 Å². The molecule has 2 nitrogen and oxygen atoms in total. The van der Waals surface area contributed by atoms with Gasteiger partial charge < -0.3 is 4.74 Å². The molecular formula is C14H16O2. The number of rotatable bonds is 2. The van der Waals surface area contributed by atoms with E-state index in [2.05, 4.69) is 19.9 Å². The SMILES string of the molecule is COc1c(C2=CC(=O)CC2)ccc(C)c1C. The highest BCUT2D eigenvalue weighted by molar-refractivity contribution is 6.02. The summed E-state index contributed by atoms with van der Waals surface area (Å²) in [5.41, 5.74) is 4.53. The van der Waals surface area contributed by atoms with Gasteiger partial charge in [0.25, 0.3) is 0 Å². The van der Waals surface area contributed by atoms with Gasteiger partial charge in [-0.15, -0.1) is 0 Å². The highest BCUT2D eigenvalue weighted by Gasteiger charge is 2.18. The second-order valence-corrected chi connectivity index (χ2v) is 4.22. The molecular weight excluding hydrogens is 200 g/mol. The fraction of sp³-hybridized carbons (Fsp3) is 0.357. The molecule has 1 aliphatic carbocycles. The molecule has 84 valence electrons. The van der Waals surface area contributed by atoms with E-state index in [9.17, 15) is 4.79 Å². The van der Waals surface area contributed by atoms with E-state index in [1.807, 2.05) is 6.07 Å². The number of aryl methyl sites for hydroxylation is 1. The van der Waals surface area contributed by atoms with Gasteiger partial charge in [0.2, 0.25) is 0 Å². The first-order chi connectivity index (χ1) is 7.63. The first-order valence-corrected chi connectivity index (χ1v) is 5.51. The van der Waals surface area contributed by atoms with Crippen molar-refractivity contribution in [3.05, 3.63) is 34.9 Å². The molecule has 0 aliphatic heterocycles. The van der Waals surface area contributed by atoms with Crippen molar-refractivity contribution in [3.8, 4) is 5.75 Å². The van der Waals surface area contributed by atoms with Crippen LogP contribution in [-0.2, 0) is 4.79 Å². The fourth-order valence-electron chi connectivity index (χ4n) is 2.11. The third kappa shape index (κ3) is 1.75. The molecule has 0 unspecified atom stereocenters. The monoisotopic (exact) mass is 216 g/mol. The van der Waals surface area contributed by atoms with E-state index < -0.39 is 0 Å². The molecule has 0 aromatic heterocycles. The predicted octanol–water partition coefficient (Wildman–Crippen LogP) is 3.06. The van der Waals surface area contributed by atoms with Crippen LogP contribution in [0, 0.1) is 13.8 Å². The standard InChI is InChI=1S/C14H16O2/c1-9-4-7-13(14(16-3)10(9)2)11-5-6-12(15)8-11/h4,7-8H,5-6H2,1-3H3. The van der Waals surface area contributed by atoms with Gasteiger partial charge >= 0.3 is 0 Å². The summed E-state index contributed by atoms with van der Waals surface area (Å²) < 4.78 is 5.45. The summed E-state index contributed by atoms with van der Waals surface area (Å²) in [6.45, 7) is 4.12. The molecule has 0 spiro atoms. The lowest BCUT2D eigenvalue weighted by molar-refractivity contribution is -0.114. The molecule has 0 heterocycles. The second kappa shape index (κ2) is 4.12. The Morgan fingerprint density at radius 3 is 2.50 bits per heavy atom. The van der Waals surface area contributed by atoms with E-state index in [-0.39, 0.29) is 5.78 Å². The largest absolute Gasteiger partial charge is 0.496 e. The summed E-state index contributed by atoms with van der Waals surface area (Å²) in [5, 5.41) is 0. The minimum Gasteiger partial charge on any atom is -0.496 e. The average Bonchev–Trinajstić information content (AvgIpc) is 2.68. The molecule has 1 aliphatic rings. The van der Waals surface area contributed by atoms with E-state index >= 15 is 0 Å². The molecule has 2 rings (SSSR count). The van der Waals surface area contributed by atoms with Crippen LogP contribution in [0.5, 0.6) is 5.75 Å². The van der Waals surface area contributed by atoms with Gasteiger partial charge in [0.05, 0.1) is 7.11 Å². The molecule has 16 heavy (non-hydrogen) atoms. The maximum atomic E-state index is 11.3. The quantitative estimate of drug-likeness (QED) is 0.759. The molecule has 0 fully saturated rings. The number of carbonyl (C=O) groups is 1. The minimum atomic E-state index is 0.218. The third-order valence-electron chi connectivity index (χ3n) is 3.20. The molecule has 0 amide bonds. The molecule has 0 N–H and O–H groups in total. The Labute approximate surface area is 95.9 Å². The topological polar surface area (TPSA) is 26.3 Å². The lowest BCUT2D eigenvalue weighted by Gasteiger charge is -2.13. The summed E-state index contributed by atoms with van der Waals surface area (Å²) in [6, 6.07) is 4.13. The normalized spacial score (nSPS) is 15.2. The number of hydrogen-bond acceptors (Lipinski definition) is 2. The van der Waals surface area contributed by atoms with Gasteiger partial charge in [-0.05, 0) is 43.0 Å². The summed E-state index contributed by atoms with van der Waals surface area (Å²) in [7, 11) is 1.68. The van der Waals surface area contributed by atoms with Crippen molar-refractivity contribution in [2.75, 3.05) is 7.11 Å². The molecule has 2 heteroatoms. The van der Waals surface area contributed by atoms with Crippen LogP contribution in [0.15, 0.2) is 18.2 Å². The van der Waals surface area contributed by atoms with Crippen molar-refractivity contribution in [1.29, 1.82) is 0 Å². The van der Waals surface area contributed by atoms with Crippen LogP contribution in [0.4, 0.5) is 0 Å². The Balaban J connectivity index is 2.53. The first-order valence-electron chi connectivity index (χ1n) is 5.51. The van der Waals surface area contributed by atoms with Crippen molar-refractivity contribution in [3.63, 3.8) is 0 Å². The van der Waals surface area contributed by atoms with Crippen molar-refractivity contribution < 1.29 is 9.53 Å². The zero-order chi connectivity index (χ0) is 11.7. The van der Waals surface area contributed by atoms with Gasteiger partial charge in [0.1, 0.15) is 5.75 Å². The minimum absolute atomic E-state index is 0.218. The van der Waals surface area contributed by atoms with Gasteiger partial charge in [0, 0.05) is 12.0 Å². The maximum Gasteiger partial charge on any atom is 0.156 e. The molecule has 0 atom stereocenters. The number of hydrogen-bond donors (Lipinski definition) is 0. The van der Waals surface area contributed by atoms with Gasteiger partial charge in [-0.2, -0.15) is 0 Å². The lowest BCUT2D eigenvalue weighted by Crippen LogP contribution is -1.95. The zero-order valence-corrected chi connectivity index (χ0v) is 9.96. The number of carbonyl (C=O) groups excluding carboxylic acids is 1. The second-order valence-electron chi connectivity index (χ2n) is 4.22. The van der Waals surface area contributed by atoms with Crippen LogP contribution in [0.1, 0.15) is 29.5 Å². The van der Waals surface area contributed by atoms with E-state index in [0.717, 1.165) is 28.9 Å². The Morgan fingerprint density at radius 1 is 1.19 bits per heavy atom. The lowest BCUT2D eigenvalue weighted by atomic mass is 9.98. The maximum absolute atomic E-state index is 11.3. The molecule has 1 aromatic rings. The van der Waals surface area contributed by atoms with Crippen molar-refractivity contribution in [2.24, 2.45) is 0 Å². The molecule has 0 saturated heterocycles. The summed E-state index contributed by atoms with van der Waals surface area (Å²) in [6.07, 6.45) is 3.20. The number of methoxy groups -OCH3 is 1. The van der Waals surface area contributed by atoms with Crippen molar-refractivity contribution in [1.82, 2.24) is 0 Å². The van der Waals surface area contributed by atoms with Crippen LogP contribution in [0.2, 0.25) is 0 Å². The molecule has 0 bridgehead atoms. The summed E-state index contributed by atoms with van der Waals surface area (Å²) in [4.78, 5) is 11.3. The van der Waals surface area contributed by atoms with Crippen LogP contribution in [0.3, 0.4) is 0 Å². The van der Waals surface area contributed by atoms with Crippen LogP contribution < -0.4 is 4.74 Å². The Hall–Kier alpha value is -1.57. The van der Waals surface area contributed by atoms with Crippen LogP contribution in [-0.4, -0.2) is 12.9 Å². The number of benzene rings is 1. The summed E-state index contributed by atoms with van der Waals surface area (Å²) >= 11 is 0. The van der Waals surface area contributed by atoms with Crippen molar-refractivity contribution >= 4 is 11.4 Å². The van der Waals surface area contributed by atoms with Crippen LogP contribution in [0.25, 0.3) is 5.57 Å². The number of ether oxygens (including phenoxy) is 1. The Morgan fingerprint density at radius 2 is 1.94 bits per heavy atom. The molecule has 0 saturated carbocycles. The highest BCUT2D eigenvalue weighted by Crippen LogP contribution is 2.35.